The first-order valence-corrected chi connectivity index (χ1v) is 6.55. The molecular formula is C14H23N3O3. The molecule has 0 radical (unpaired) electrons. The van der Waals surface area contributed by atoms with Crippen LogP contribution < -0.4 is 16.0 Å². The fourth-order valence-corrected chi connectivity index (χ4v) is 1.97. The van der Waals surface area contributed by atoms with Gasteiger partial charge in [-0.15, -0.1) is 0 Å². The van der Waals surface area contributed by atoms with Gasteiger partial charge in [0.1, 0.15) is 0 Å². The van der Waals surface area contributed by atoms with E-state index < -0.39 is 6.10 Å². The van der Waals surface area contributed by atoms with Crippen molar-refractivity contribution in [2.45, 2.75) is 13.0 Å². The number of nitrogens with zero attached hydrogens (tertiary/aromatic N) is 1. The molecule has 0 heterocycles. The fourth-order valence-electron chi connectivity index (χ4n) is 1.97. The number of anilines is 2. The minimum absolute atomic E-state index is 0.157. The number of carbonyl (C=O) groups excluding carboxylic acids is 1. The topological polar surface area (TPSA) is 87.8 Å². The van der Waals surface area contributed by atoms with Gasteiger partial charge in [-0.05, 0) is 25.1 Å². The van der Waals surface area contributed by atoms with Gasteiger partial charge in [0.25, 0.3) is 5.91 Å². The van der Waals surface area contributed by atoms with Crippen LogP contribution >= 0.6 is 0 Å². The Bertz CT molecular complexity index is 451. The van der Waals surface area contributed by atoms with Crippen LogP contribution in [0.5, 0.6) is 0 Å². The number of benzene rings is 1. The van der Waals surface area contributed by atoms with Crippen LogP contribution in [0.4, 0.5) is 11.4 Å². The zero-order valence-electron chi connectivity index (χ0n) is 12.2. The number of aliphatic hydroxyl groups excluding tert-OH is 1. The van der Waals surface area contributed by atoms with Gasteiger partial charge in [0.15, 0.2) is 0 Å². The molecule has 0 saturated heterocycles. The lowest BCUT2D eigenvalue weighted by molar-refractivity contribution is 0.0694. The highest BCUT2D eigenvalue weighted by molar-refractivity contribution is 6.00. The molecule has 4 N–H and O–H groups in total. The summed E-state index contributed by atoms with van der Waals surface area (Å²) < 4.78 is 4.90. The third kappa shape index (κ3) is 4.40. The van der Waals surface area contributed by atoms with Crippen molar-refractivity contribution in [3.05, 3.63) is 23.8 Å². The number of ether oxygens (including phenoxy) is 1. The van der Waals surface area contributed by atoms with Crippen LogP contribution in [0.1, 0.15) is 17.3 Å². The standard InChI is InChI=1S/C14H23N3O3/c1-4-16-14(19)12-6-5-10(15)7-13(12)17(2)8-11(18)9-20-3/h5-7,11,18H,4,8-9,15H2,1-3H3,(H,16,19). The maximum Gasteiger partial charge on any atom is 0.253 e. The van der Waals surface area contributed by atoms with Crippen molar-refractivity contribution < 1.29 is 14.6 Å². The molecule has 0 aliphatic heterocycles. The fraction of sp³-hybridized carbons (Fsp3) is 0.500. The Morgan fingerprint density at radius 1 is 1.55 bits per heavy atom. The molecule has 0 aromatic heterocycles. The van der Waals surface area contributed by atoms with Gasteiger partial charge < -0.3 is 25.8 Å². The molecule has 0 aliphatic rings. The molecular weight excluding hydrogens is 258 g/mol. The van der Waals surface area contributed by atoms with E-state index >= 15 is 0 Å². The average Bonchev–Trinajstić information content (AvgIpc) is 2.38. The van der Waals surface area contributed by atoms with E-state index in [1.807, 2.05) is 6.92 Å². The predicted octanol–water partition coefficient (Wildman–Crippen LogP) is 0.462. The summed E-state index contributed by atoms with van der Waals surface area (Å²) in [6.45, 7) is 3.01. The van der Waals surface area contributed by atoms with Crippen LogP contribution in [0.2, 0.25) is 0 Å². The Hall–Kier alpha value is -1.79. The zero-order chi connectivity index (χ0) is 15.1. The van der Waals surface area contributed by atoms with Crippen LogP contribution in [0, 0.1) is 0 Å². The van der Waals surface area contributed by atoms with E-state index in [1.165, 1.54) is 7.11 Å². The number of aliphatic hydroxyl groups is 1. The van der Waals surface area contributed by atoms with Crippen molar-refractivity contribution in [3.8, 4) is 0 Å². The van der Waals surface area contributed by atoms with Crippen LogP contribution in [0.15, 0.2) is 18.2 Å². The van der Waals surface area contributed by atoms with Crippen molar-refractivity contribution >= 4 is 17.3 Å². The second-order valence-electron chi connectivity index (χ2n) is 4.63. The summed E-state index contributed by atoms with van der Waals surface area (Å²) in [6.07, 6.45) is -0.631. The molecule has 1 unspecified atom stereocenters. The Labute approximate surface area is 119 Å². The highest BCUT2D eigenvalue weighted by Gasteiger charge is 2.16. The lowest BCUT2D eigenvalue weighted by atomic mass is 10.1. The van der Waals surface area contributed by atoms with Crippen LogP contribution in [0.3, 0.4) is 0 Å². The van der Waals surface area contributed by atoms with E-state index in [0.29, 0.717) is 30.0 Å². The van der Waals surface area contributed by atoms with E-state index in [1.54, 1.807) is 30.1 Å². The number of likely N-dealkylation sites (N-methyl/N-ethyl adjacent to an activating group) is 1. The maximum atomic E-state index is 12.0. The van der Waals surface area contributed by atoms with Crippen molar-refractivity contribution in [3.63, 3.8) is 0 Å². The first-order chi connectivity index (χ1) is 9.49. The number of nitrogens with one attached hydrogen (secondary N) is 1. The number of hydrogen-bond donors (Lipinski definition) is 3. The van der Waals surface area contributed by atoms with Gasteiger partial charge in [-0.1, -0.05) is 0 Å². The SMILES string of the molecule is CCNC(=O)c1ccc(N)cc1N(C)CC(O)COC. The van der Waals surface area contributed by atoms with Crippen LogP contribution in [-0.2, 0) is 4.74 Å². The maximum absolute atomic E-state index is 12.0. The number of nitrogen functional groups attached to an aromatic ring is 1. The molecule has 112 valence electrons. The monoisotopic (exact) mass is 281 g/mol. The first-order valence-electron chi connectivity index (χ1n) is 6.55. The number of carbonyl (C=O) groups is 1. The molecule has 1 aromatic carbocycles. The quantitative estimate of drug-likeness (QED) is 0.632. The largest absolute Gasteiger partial charge is 0.399 e. The number of amides is 1. The Morgan fingerprint density at radius 2 is 2.25 bits per heavy atom. The molecule has 0 spiro atoms. The van der Waals surface area contributed by atoms with E-state index in [9.17, 15) is 9.90 Å². The molecule has 0 fully saturated rings. The molecule has 6 heteroatoms. The molecule has 0 bridgehead atoms. The summed E-state index contributed by atoms with van der Waals surface area (Å²) in [5.41, 5.74) is 7.58. The van der Waals surface area contributed by atoms with Crippen LogP contribution in [0.25, 0.3) is 0 Å². The summed E-state index contributed by atoms with van der Waals surface area (Å²) in [5, 5.41) is 12.5. The van der Waals surface area contributed by atoms with Crippen molar-refractivity contribution in [2.24, 2.45) is 0 Å². The molecule has 6 nitrogen and oxygen atoms in total. The van der Waals surface area contributed by atoms with Crippen LogP contribution in [-0.4, -0.2) is 51.0 Å². The molecule has 0 aliphatic carbocycles. The summed E-state index contributed by atoms with van der Waals surface area (Å²) in [6, 6.07) is 5.10. The highest BCUT2D eigenvalue weighted by Crippen LogP contribution is 2.23. The minimum Gasteiger partial charge on any atom is -0.399 e. The van der Waals surface area contributed by atoms with Gasteiger partial charge >= 0.3 is 0 Å². The van der Waals surface area contributed by atoms with Crippen molar-refractivity contribution in [2.75, 3.05) is 44.5 Å². The molecule has 1 amide bonds. The predicted molar refractivity (Wildman–Crippen MR) is 80.0 cm³/mol. The Kier molecular flexibility index (Phi) is 6.27. The summed E-state index contributed by atoms with van der Waals surface area (Å²) in [4.78, 5) is 13.8. The minimum atomic E-state index is -0.631. The summed E-state index contributed by atoms with van der Waals surface area (Å²) in [5.74, 6) is -0.157. The lowest BCUT2D eigenvalue weighted by Gasteiger charge is -2.25. The average molecular weight is 281 g/mol. The lowest BCUT2D eigenvalue weighted by Crippen LogP contribution is -2.34. The normalized spacial score (nSPS) is 12.0. The number of hydrogen-bond acceptors (Lipinski definition) is 5. The molecule has 20 heavy (non-hydrogen) atoms. The van der Waals surface area contributed by atoms with Gasteiger partial charge in [0, 0.05) is 32.9 Å². The van der Waals surface area contributed by atoms with E-state index in [0.717, 1.165) is 0 Å². The van der Waals surface area contributed by atoms with E-state index in [-0.39, 0.29) is 12.5 Å². The van der Waals surface area contributed by atoms with E-state index in [4.69, 9.17) is 10.5 Å². The molecule has 0 saturated carbocycles. The number of nitrogens with two attached hydrogens (primary N) is 1. The smallest absolute Gasteiger partial charge is 0.253 e. The van der Waals surface area contributed by atoms with Gasteiger partial charge in [0.05, 0.1) is 24.0 Å². The number of rotatable bonds is 7. The highest BCUT2D eigenvalue weighted by atomic mass is 16.5. The second kappa shape index (κ2) is 7.72. The first kappa shape index (κ1) is 16.3. The molecule has 1 rings (SSSR count). The number of methoxy groups -OCH3 is 1. The van der Waals surface area contributed by atoms with Crippen molar-refractivity contribution in [1.29, 1.82) is 0 Å². The zero-order valence-corrected chi connectivity index (χ0v) is 12.2. The third-order valence-corrected chi connectivity index (χ3v) is 2.86. The molecule has 1 atom stereocenters. The van der Waals surface area contributed by atoms with Gasteiger partial charge in [-0.2, -0.15) is 0 Å². The van der Waals surface area contributed by atoms with Gasteiger partial charge in [-0.25, -0.2) is 0 Å². The third-order valence-electron chi connectivity index (χ3n) is 2.86. The van der Waals surface area contributed by atoms with Crippen molar-refractivity contribution in [1.82, 2.24) is 5.32 Å². The van der Waals surface area contributed by atoms with Gasteiger partial charge in [0.2, 0.25) is 0 Å². The second-order valence-corrected chi connectivity index (χ2v) is 4.63. The molecule has 1 aromatic rings. The summed E-state index contributed by atoms with van der Waals surface area (Å²) >= 11 is 0. The Balaban J connectivity index is 2.96. The van der Waals surface area contributed by atoms with E-state index in [2.05, 4.69) is 5.32 Å². The van der Waals surface area contributed by atoms with Gasteiger partial charge in [-0.3, -0.25) is 4.79 Å². The Morgan fingerprint density at radius 3 is 2.85 bits per heavy atom. The summed E-state index contributed by atoms with van der Waals surface area (Å²) in [7, 11) is 3.33.